The predicted molar refractivity (Wildman–Crippen MR) is 92.2 cm³/mol. The average Bonchev–Trinajstić information content (AvgIpc) is 2.60. The van der Waals surface area contributed by atoms with E-state index in [9.17, 15) is 18.4 Å². The van der Waals surface area contributed by atoms with Crippen molar-refractivity contribution >= 4 is 16.9 Å². The van der Waals surface area contributed by atoms with Crippen molar-refractivity contribution < 1.29 is 18.3 Å². The topological polar surface area (TPSA) is 61.2 Å². The highest BCUT2D eigenvalue weighted by Crippen LogP contribution is 2.15. The summed E-state index contributed by atoms with van der Waals surface area (Å²) in [6, 6.07) is 6.56. The first kappa shape index (κ1) is 17.7. The molecule has 3 rings (SSSR count). The fourth-order valence-electron chi connectivity index (χ4n) is 2.68. The molecule has 0 saturated carbocycles. The molecular formula is C19H16F2N2O3. The number of carbonyl (C=O) groups excluding carboxylic acids is 1. The Hall–Kier alpha value is -3.09. The van der Waals surface area contributed by atoms with Gasteiger partial charge in [0.05, 0.1) is 35.3 Å². The minimum atomic E-state index is -0.974. The number of aryl methyl sites for hydroxylation is 1. The summed E-state index contributed by atoms with van der Waals surface area (Å²) in [5, 5.41) is 0.253. The minimum absolute atomic E-state index is 0.0641. The van der Waals surface area contributed by atoms with E-state index in [1.165, 1.54) is 22.9 Å². The Bertz CT molecular complexity index is 1060. The van der Waals surface area contributed by atoms with Crippen molar-refractivity contribution in [3.63, 3.8) is 0 Å². The molecule has 0 atom stereocenters. The number of esters is 1. The maximum atomic E-state index is 13.4. The second kappa shape index (κ2) is 7.03. The van der Waals surface area contributed by atoms with Crippen LogP contribution in [0.1, 0.15) is 28.5 Å². The van der Waals surface area contributed by atoms with Crippen molar-refractivity contribution in [2.45, 2.75) is 20.4 Å². The largest absolute Gasteiger partial charge is 0.462 e. The number of nitrogens with zero attached hydrogens (tertiary/aromatic N) is 2. The van der Waals surface area contributed by atoms with Crippen LogP contribution < -0.4 is 5.56 Å². The lowest BCUT2D eigenvalue weighted by atomic mass is 10.1. The average molecular weight is 358 g/mol. The molecule has 0 N–H and O–H groups in total. The van der Waals surface area contributed by atoms with E-state index in [1.807, 2.05) is 0 Å². The van der Waals surface area contributed by atoms with Crippen molar-refractivity contribution in [1.82, 2.24) is 9.55 Å². The van der Waals surface area contributed by atoms with E-state index in [0.717, 1.165) is 12.1 Å². The third kappa shape index (κ3) is 3.33. The summed E-state index contributed by atoms with van der Waals surface area (Å²) < 4.78 is 32.8. The highest BCUT2D eigenvalue weighted by molar-refractivity contribution is 5.94. The van der Waals surface area contributed by atoms with Crippen LogP contribution in [-0.4, -0.2) is 22.1 Å². The highest BCUT2D eigenvalue weighted by atomic mass is 19.2. The van der Waals surface area contributed by atoms with Gasteiger partial charge in [-0.25, -0.2) is 13.6 Å². The number of hydrogen-bond donors (Lipinski definition) is 0. The van der Waals surface area contributed by atoms with Gasteiger partial charge in [-0.2, -0.15) is 0 Å². The molecule has 2 aromatic heterocycles. The number of halogens is 2. The molecule has 26 heavy (non-hydrogen) atoms. The van der Waals surface area contributed by atoms with Crippen molar-refractivity contribution in [2.75, 3.05) is 6.61 Å². The molecule has 0 amide bonds. The minimum Gasteiger partial charge on any atom is -0.462 e. The fourth-order valence-corrected chi connectivity index (χ4v) is 2.68. The van der Waals surface area contributed by atoms with E-state index in [4.69, 9.17) is 4.74 Å². The van der Waals surface area contributed by atoms with E-state index in [2.05, 4.69) is 4.98 Å². The molecule has 0 aliphatic heterocycles. The van der Waals surface area contributed by atoms with Gasteiger partial charge in [-0.15, -0.1) is 0 Å². The first-order chi connectivity index (χ1) is 12.4. The normalized spacial score (nSPS) is 10.9. The molecule has 0 radical (unpaired) electrons. The van der Waals surface area contributed by atoms with Crippen LogP contribution in [0, 0.1) is 18.6 Å². The Kier molecular flexibility index (Phi) is 4.79. The molecule has 0 aliphatic carbocycles. The van der Waals surface area contributed by atoms with Crippen molar-refractivity contribution in [1.29, 1.82) is 0 Å². The number of ether oxygens (including phenoxy) is 1. The Labute approximate surface area is 147 Å². The fraction of sp³-hybridized carbons (Fsp3) is 0.211. The molecule has 0 saturated heterocycles. The Balaban J connectivity index is 2.06. The van der Waals surface area contributed by atoms with Gasteiger partial charge in [0.25, 0.3) is 5.56 Å². The standard InChI is InChI=1S/C19H16F2N2O3/c1-3-26-19(25)13-9-14-17(22-11(13)2)6-7-23(18(14)24)10-12-4-5-15(20)16(21)8-12/h4-9H,3,10H2,1-2H3. The zero-order chi connectivity index (χ0) is 18.8. The molecule has 0 bridgehead atoms. The number of fused-ring (bicyclic) bond motifs is 1. The maximum absolute atomic E-state index is 13.4. The van der Waals surface area contributed by atoms with Gasteiger partial charge >= 0.3 is 5.97 Å². The van der Waals surface area contributed by atoms with E-state index < -0.39 is 17.6 Å². The summed E-state index contributed by atoms with van der Waals surface area (Å²) in [5.41, 5.74) is 1.19. The molecule has 1 aromatic carbocycles. The van der Waals surface area contributed by atoms with E-state index in [-0.39, 0.29) is 29.7 Å². The zero-order valence-corrected chi connectivity index (χ0v) is 14.3. The van der Waals surface area contributed by atoms with Crippen molar-refractivity contribution in [2.24, 2.45) is 0 Å². The lowest BCUT2D eigenvalue weighted by Gasteiger charge is -2.10. The number of benzene rings is 1. The molecule has 7 heteroatoms. The second-order valence-corrected chi connectivity index (χ2v) is 5.77. The van der Waals surface area contributed by atoms with E-state index >= 15 is 0 Å². The maximum Gasteiger partial charge on any atom is 0.339 e. The molecule has 0 spiro atoms. The van der Waals surface area contributed by atoms with Gasteiger partial charge in [0, 0.05) is 6.20 Å². The third-order valence-electron chi connectivity index (χ3n) is 3.98. The lowest BCUT2D eigenvalue weighted by Crippen LogP contribution is -2.21. The second-order valence-electron chi connectivity index (χ2n) is 5.77. The van der Waals surface area contributed by atoms with Crippen LogP contribution in [0.2, 0.25) is 0 Å². The van der Waals surface area contributed by atoms with Crippen molar-refractivity contribution in [3.05, 3.63) is 75.3 Å². The SMILES string of the molecule is CCOC(=O)c1cc2c(=O)n(Cc3ccc(F)c(F)c3)ccc2nc1C. The van der Waals surface area contributed by atoms with Crippen LogP contribution in [0.4, 0.5) is 8.78 Å². The number of pyridine rings is 2. The lowest BCUT2D eigenvalue weighted by molar-refractivity contribution is 0.0525. The molecule has 5 nitrogen and oxygen atoms in total. The molecule has 0 aliphatic rings. The first-order valence-electron chi connectivity index (χ1n) is 8.02. The van der Waals surface area contributed by atoms with Gasteiger partial charge < -0.3 is 9.30 Å². The Morgan fingerprint density at radius 3 is 2.65 bits per heavy atom. The molecular weight excluding hydrogens is 342 g/mol. The van der Waals surface area contributed by atoms with Crippen LogP contribution in [0.5, 0.6) is 0 Å². The number of hydrogen-bond acceptors (Lipinski definition) is 4. The Morgan fingerprint density at radius 1 is 1.19 bits per heavy atom. The van der Waals surface area contributed by atoms with Gasteiger partial charge in [0.2, 0.25) is 0 Å². The predicted octanol–water partition coefficient (Wildman–Crippen LogP) is 3.21. The zero-order valence-electron chi connectivity index (χ0n) is 14.3. The molecule has 2 heterocycles. The van der Waals surface area contributed by atoms with E-state index in [1.54, 1.807) is 19.9 Å². The molecule has 0 unspecified atom stereocenters. The number of aromatic nitrogens is 2. The summed E-state index contributed by atoms with van der Waals surface area (Å²) in [6.07, 6.45) is 1.53. The van der Waals surface area contributed by atoms with Crippen LogP contribution in [0.3, 0.4) is 0 Å². The Morgan fingerprint density at radius 2 is 1.96 bits per heavy atom. The van der Waals surface area contributed by atoms with Crippen LogP contribution in [-0.2, 0) is 11.3 Å². The van der Waals surface area contributed by atoms with Gasteiger partial charge in [-0.3, -0.25) is 9.78 Å². The summed E-state index contributed by atoms with van der Waals surface area (Å²) in [4.78, 5) is 29.0. The van der Waals surface area contributed by atoms with Crippen LogP contribution in [0.25, 0.3) is 10.9 Å². The van der Waals surface area contributed by atoms with Gasteiger partial charge in [0.15, 0.2) is 11.6 Å². The summed E-state index contributed by atoms with van der Waals surface area (Å²) in [5.74, 6) is -2.47. The van der Waals surface area contributed by atoms with Crippen molar-refractivity contribution in [3.8, 4) is 0 Å². The summed E-state index contributed by atoms with van der Waals surface area (Å²) >= 11 is 0. The molecule has 3 aromatic rings. The number of rotatable bonds is 4. The quantitative estimate of drug-likeness (QED) is 0.672. The monoisotopic (exact) mass is 358 g/mol. The highest BCUT2D eigenvalue weighted by Gasteiger charge is 2.15. The molecule has 134 valence electrons. The smallest absolute Gasteiger partial charge is 0.339 e. The summed E-state index contributed by atoms with van der Waals surface area (Å²) in [6.45, 7) is 3.63. The van der Waals surface area contributed by atoms with E-state index in [0.29, 0.717) is 16.8 Å². The van der Waals surface area contributed by atoms with Crippen LogP contribution >= 0.6 is 0 Å². The number of carbonyl (C=O) groups is 1. The van der Waals surface area contributed by atoms with Gasteiger partial charge in [0.1, 0.15) is 0 Å². The molecule has 0 fully saturated rings. The third-order valence-corrected chi connectivity index (χ3v) is 3.98. The first-order valence-corrected chi connectivity index (χ1v) is 8.02. The van der Waals surface area contributed by atoms with Crippen LogP contribution in [0.15, 0.2) is 41.3 Å². The van der Waals surface area contributed by atoms with Gasteiger partial charge in [-0.05, 0) is 43.7 Å². The van der Waals surface area contributed by atoms with Gasteiger partial charge in [-0.1, -0.05) is 6.07 Å². The summed E-state index contributed by atoms with van der Waals surface area (Å²) in [7, 11) is 0.